The van der Waals surface area contributed by atoms with Crippen LogP contribution in [0.5, 0.6) is 0 Å². The van der Waals surface area contributed by atoms with E-state index in [9.17, 15) is 43.2 Å². The molecule has 0 amide bonds. The highest BCUT2D eigenvalue weighted by Gasteiger charge is 2.30. The lowest BCUT2D eigenvalue weighted by Gasteiger charge is -2.21. The summed E-state index contributed by atoms with van der Waals surface area (Å²) in [4.78, 5) is 72.9. The molecule has 0 aliphatic rings. The quantitative estimate of drug-likeness (QED) is 0.0222. The largest absolute Gasteiger partial charge is 0.472 e. The first-order valence-electron chi connectivity index (χ1n) is 40.5. The first-order chi connectivity index (χ1) is 46.9. The van der Waals surface area contributed by atoms with Gasteiger partial charge in [-0.1, -0.05) is 356 Å². The number of esters is 4. The number of carbonyl (C=O) groups is 4. The van der Waals surface area contributed by atoms with Crippen molar-refractivity contribution < 1.29 is 80.2 Å². The third kappa shape index (κ3) is 72.2. The Morgan fingerprint density at radius 1 is 0.278 bits per heavy atom. The summed E-state index contributed by atoms with van der Waals surface area (Å²) in [5.74, 6) is -0.614. The number of hydrogen-bond acceptors (Lipinski definition) is 15. The first-order valence-corrected chi connectivity index (χ1v) is 43.5. The Labute approximate surface area is 594 Å². The van der Waals surface area contributed by atoms with Gasteiger partial charge in [0.1, 0.15) is 19.3 Å². The van der Waals surface area contributed by atoms with Crippen molar-refractivity contribution in [2.24, 2.45) is 11.8 Å². The predicted molar refractivity (Wildman–Crippen MR) is 395 cm³/mol. The Bertz CT molecular complexity index is 1870. The van der Waals surface area contributed by atoms with Crippen LogP contribution in [0.2, 0.25) is 0 Å². The van der Waals surface area contributed by atoms with Crippen LogP contribution in [0.1, 0.15) is 408 Å². The minimum atomic E-state index is -4.96. The summed E-state index contributed by atoms with van der Waals surface area (Å²) >= 11 is 0. The van der Waals surface area contributed by atoms with E-state index in [1.165, 1.54) is 225 Å². The number of aliphatic hydroxyl groups is 1. The molecule has 0 fully saturated rings. The molecule has 576 valence electrons. The zero-order valence-corrected chi connectivity index (χ0v) is 65.2. The maximum Gasteiger partial charge on any atom is 0.472 e. The molecule has 0 aliphatic heterocycles. The van der Waals surface area contributed by atoms with E-state index >= 15 is 0 Å². The molecule has 19 heteroatoms. The van der Waals surface area contributed by atoms with Crippen molar-refractivity contribution in [1.82, 2.24) is 0 Å². The van der Waals surface area contributed by atoms with Crippen LogP contribution < -0.4 is 0 Å². The third-order valence-electron chi connectivity index (χ3n) is 18.2. The SMILES string of the molecule is CCCCCCCCCCCCCCCCCCCCC(=O)O[C@H](COC(=O)CCCCCCCCCCCCCC(C)C)COP(=O)(O)OC[C@@H](O)COP(=O)(O)OC[C@@H](COC(=O)CCCCCCCCCCC(C)C)OC(=O)CCCCCCCCCCCCCCCC. The summed E-state index contributed by atoms with van der Waals surface area (Å²) < 4.78 is 68.6. The molecule has 97 heavy (non-hydrogen) atoms. The second kappa shape index (κ2) is 69.8. The van der Waals surface area contributed by atoms with Gasteiger partial charge in [0.25, 0.3) is 0 Å². The van der Waals surface area contributed by atoms with Crippen molar-refractivity contribution in [3.63, 3.8) is 0 Å². The van der Waals surface area contributed by atoms with Gasteiger partial charge in [-0.05, 0) is 37.5 Å². The number of rotatable bonds is 77. The van der Waals surface area contributed by atoms with Crippen LogP contribution in [0, 0.1) is 11.8 Å². The number of phosphoric acid groups is 2. The fourth-order valence-electron chi connectivity index (χ4n) is 12.0. The minimum absolute atomic E-state index is 0.107. The van der Waals surface area contributed by atoms with Gasteiger partial charge in [-0.15, -0.1) is 0 Å². The third-order valence-corrected chi connectivity index (χ3v) is 20.1. The zero-order chi connectivity index (χ0) is 71.4. The van der Waals surface area contributed by atoms with Crippen LogP contribution in [0.4, 0.5) is 0 Å². The summed E-state index contributed by atoms with van der Waals surface area (Å²) in [6.45, 7) is 9.59. The van der Waals surface area contributed by atoms with E-state index in [-0.39, 0.29) is 25.7 Å². The van der Waals surface area contributed by atoms with Gasteiger partial charge in [0.05, 0.1) is 26.4 Å². The molecular formula is C78H152O17P2. The van der Waals surface area contributed by atoms with Crippen molar-refractivity contribution in [2.45, 2.75) is 426 Å². The molecule has 0 saturated carbocycles. The standard InChI is InChI=1S/C78H152O17P2/c1-7-9-11-13-15-17-19-21-23-24-25-26-28-32-37-45-51-57-63-78(83)94-73(66-88-75(80)60-54-48-42-35-33-29-30-34-40-46-52-58-70(3)4)68-92-96(84,85)90-64-72(79)65-91-97(86,87)93-69-74(67-89-76(81)61-55-49-43-39-38-41-47-53-59-71(5)6)95-77(82)62-56-50-44-36-31-27-22-20-18-16-14-12-10-8-2/h70-74,79H,7-69H2,1-6H3,(H,84,85)(H,86,87)/t72-,73-,74-/m1/s1. The number of unbranched alkanes of at least 4 members (excludes halogenated alkanes) is 47. The van der Waals surface area contributed by atoms with E-state index in [0.29, 0.717) is 25.7 Å². The molecule has 17 nitrogen and oxygen atoms in total. The van der Waals surface area contributed by atoms with Gasteiger partial charge < -0.3 is 33.8 Å². The van der Waals surface area contributed by atoms with E-state index in [1.54, 1.807) is 0 Å². The number of hydrogen-bond donors (Lipinski definition) is 3. The molecule has 5 atom stereocenters. The Balaban J connectivity index is 5.25. The molecule has 0 rings (SSSR count). The summed E-state index contributed by atoms with van der Waals surface area (Å²) in [5, 5.41) is 10.6. The normalized spacial score (nSPS) is 14.0. The van der Waals surface area contributed by atoms with Crippen LogP contribution in [0.15, 0.2) is 0 Å². The fourth-order valence-corrected chi connectivity index (χ4v) is 13.6. The second-order valence-corrected chi connectivity index (χ2v) is 32.0. The maximum atomic E-state index is 13.1. The van der Waals surface area contributed by atoms with Crippen molar-refractivity contribution in [3.05, 3.63) is 0 Å². The molecule has 0 aromatic rings. The van der Waals surface area contributed by atoms with Crippen LogP contribution >= 0.6 is 15.6 Å². The minimum Gasteiger partial charge on any atom is -0.462 e. The monoisotopic (exact) mass is 1420 g/mol. The highest BCUT2D eigenvalue weighted by molar-refractivity contribution is 7.47. The van der Waals surface area contributed by atoms with Gasteiger partial charge in [0, 0.05) is 25.7 Å². The molecule has 0 bridgehead atoms. The number of ether oxygens (including phenoxy) is 4. The molecule has 3 N–H and O–H groups in total. The van der Waals surface area contributed by atoms with Gasteiger partial charge in [0.15, 0.2) is 12.2 Å². The molecular weight excluding hydrogens is 1270 g/mol. The molecule has 0 radical (unpaired) electrons. The average molecular weight is 1420 g/mol. The van der Waals surface area contributed by atoms with Gasteiger partial charge in [0.2, 0.25) is 0 Å². The van der Waals surface area contributed by atoms with E-state index in [4.69, 9.17) is 37.0 Å². The molecule has 0 spiro atoms. The Morgan fingerprint density at radius 2 is 0.474 bits per heavy atom. The van der Waals surface area contributed by atoms with Crippen molar-refractivity contribution in [2.75, 3.05) is 39.6 Å². The smallest absolute Gasteiger partial charge is 0.462 e. The lowest BCUT2D eigenvalue weighted by Crippen LogP contribution is -2.30. The maximum absolute atomic E-state index is 13.1. The lowest BCUT2D eigenvalue weighted by molar-refractivity contribution is -0.161. The number of carbonyl (C=O) groups excluding carboxylic acids is 4. The van der Waals surface area contributed by atoms with Crippen molar-refractivity contribution in [1.29, 1.82) is 0 Å². The Morgan fingerprint density at radius 3 is 0.701 bits per heavy atom. The van der Waals surface area contributed by atoms with Crippen LogP contribution in [-0.4, -0.2) is 96.7 Å². The van der Waals surface area contributed by atoms with Gasteiger partial charge in [-0.25, -0.2) is 9.13 Å². The van der Waals surface area contributed by atoms with E-state index in [2.05, 4.69) is 41.5 Å². The van der Waals surface area contributed by atoms with Crippen LogP contribution in [-0.2, 0) is 65.4 Å². The van der Waals surface area contributed by atoms with E-state index in [1.807, 2.05) is 0 Å². The lowest BCUT2D eigenvalue weighted by atomic mass is 10.0. The van der Waals surface area contributed by atoms with Crippen LogP contribution in [0.3, 0.4) is 0 Å². The van der Waals surface area contributed by atoms with E-state index in [0.717, 1.165) is 102 Å². The molecule has 0 saturated heterocycles. The zero-order valence-electron chi connectivity index (χ0n) is 63.4. The molecule has 0 heterocycles. The fraction of sp³-hybridized carbons (Fsp3) is 0.949. The number of aliphatic hydroxyl groups excluding tert-OH is 1. The first kappa shape index (κ1) is 95.1. The molecule has 0 aromatic carbocycles. The molecule has 0 aromatic heterocycles. The summed E-state index contributed by atoms with van der Waals surface area (Å²) in [5.41, 5.74) is 0. The highest BCUT2D eigenvalue weighted by Crippen LogP contribution is 2.45. The predicted octanol–water partition coefficient (Wildman–Crippen LogP) is 23.1. The second-order valence-electron chi connectivity index (χ2n) is 29.1. The molecule has 0 aliphatic carbocycles. The van der Waals surface area contributed by atoms with Gasteiger partial charge in [-0.3, -0.25) is 37.3 Å². The summed E-state index contributed by atoms with van der Waals surface area (Å²) in [6, 6.07) is 0. The van der Waals surface area contributed by atoms with Crippen LogP contribution in [0.25, 0.3) is 0 Å². The van der Waals surface area contributed by atoms with Crippen molar-refractivity contribution in [3.8, 4) is 0 Å². The van der Waals surface area contributed by atoms with Crippen molar-refractivity contribution >= 4 is 39.5 Å². The topological polar surface area (TPSA) is 237 Å². The Hall–Kier alpha value is -1.94. The van der Waals surface area contributed by atoms with Gasteiger partial charge >= 0.3 is 39.5 Å². The van der Waals surface area contributed by atoms with Gasteiger partial charge in [-0.2, -0.15) is 0 Å². The summed E-state index contributed by atoms with van der Waals surface area (Å²) in [7, 11) is -9.92. The summed E-state index contributed by atoms with van der Waals surface area (Å²) in [6.07, 6.45) is 58.2. The Kier molecular flexibility index (Phi) is 68.4. The van der Waals surface area contributed by atoms with E-state index < -0.39 is 97.5 Å². The number of phosphoric ester groups is 2. The molecule has 2 unspecified atom stereocenters. The highest BCUT2D eigenvalue weighted by atomic mass is 31.2. The average Bonchev–Trinajstić information content (AvgIpc) is 2.28.